The first-order valence-electron chi connectivity index (χ1n) is 6.55. The lowest BCUT2D eigenvalue weighted by Crippen LogP contribution is -2.28. The molecule has 0 spiro atoms. The summed E-state index contributed by atoms with van der Waals surface area (Å²) in [7, 11) is 2.12. The predicted octanol–water partition coefficient (Wildman–Crippen LogP) is 2.17. The highest BCUT2D eigenvalue weighted by atomic mass is 16.5. The second-order valence-electron chi connectivity index (χ2n) is 5.03. The minimum Gasteiger partial charge on any atom is -0.377 e. The number of imidazole rings is 1. The molecule has 1 unspecified atom stereocenters. The average molecular weight is 245 g/mol. The summed E-state index contributed by atoms with van der Waals surface area (Å²) in [5.41, 5.74) is 2.15. The van der Waals surface area contributed by atoms with Crippen molar-refractivity contribution in [3.63, 3.8) is 0 Å². The van der Waals surface area contributed by atoms with Gasteiger partial charge in [-0.15, -0.1) is 0 Å². The standard InChI is InChI=1S/C14H19N3O/c1-17(9-11-5-4-8-18-11)10-14-15-12-6-2-3-7-13(12)16-14/h2-3,6-7,11H,4-5,8-10H2,1H3,(H,15,16). The third-order valence-corrected chi connectivity index (χ3v) is 3.40. The van der Waals surface area contributed by atoms with Gasteiger partial charge in [0.2, 0.25) is 0 Å². The maximum Gasteiger partial charge on any atom is 0.121 e. The lowest BCUT2D eigenvalue weighted by Gasteiger charge is -2.19. The molecule has 0 aliphatic carbocycles. The topological polar surface area (TPSA) is 41.2 Å². The van der Waals surface area contributed by atoms with Crippen LogP contribution in [-0.4, -0.2) is 41.2 Å². The van der Waals surface area contributed by atoms with Crippen LogP contribution in [0.3, 0.4) is 0 Å². The maximum atomic E-state index is 5.65. The first-order valence-corrected chi connectivity index (χ1v) is 6.55. The van der Waals surface area contributed by atoms with Crippen LogP contribution in [0, 0.1) is 0 Å². The number of H-pyrrole nitrogens is 1. The normalized spacial score (nSPS) is 20.0. The van der Waals surface area contributed by atoms with Crippen LogP contribution < -0.4 is 0 Å². The van der Waals surface area contributed by atoms with Crippen LogP contribution in [0.5, 0.6) is 0 Å². The molecule has 0 saturated carbocycles. The summed E-state index contributed by atoms with van der Waals surface area (Å²) in [5, 5.41) is 0. The summed E-state index contributed by atoms with van der Waals surface area (Å²) < 4.78 is 5.65. The monoisotopic (exact) mass is 245 g/mol. The number of hydrogen-bond donors (Lipinski definition) is 1. The number of aromatic nitrogens is 2. The van der Waals surface area contributed by atoms with Crippen molar-refractivity contribution in [2.75, 3.05) is 20.2 Å². The Labute approximate surface area is 107 Å². The molecule has 2 aromatic rings. The molecule has 4 heteroatoms. The van der Waals surface area contributed by atoms with Gasteiger partial charge in [-0.3, -0.25) is 4.90 Å². The Balaban J connectivity index is 1.64. The molecule has 1 fully saturated rings. The van der Waals surface area contributed by atoms with E-state index in [1.165, 1.54) is 12.8 Å². The van der Waals surface area contributed by atoms with Gasteiger partial charge in [0.15, 0.2) is 0 Å². The van der Waals surface area contributed by atoms with Gasteiger partial charge in [-0.25, -0.2) is 4.98 Å². The number of rotatable bonds is 4. The molecule has 1 aliphatic rings. The summed E-state index contributed by atoms with van der Waals surface area (Å²) in [6, 6.07) is 8.14. The zero-order valence-electron chi connectivity index (χ0n) is 10.7. The van der Waals surface area contributed by atoms with Crippen LogP contribution in [0.15, 0.2) is 24.3 Å². The van der Waals surface area contributed by atoms with E-state index in [4.69, 9.17) is 4.74 Å². The number of fused-ring (bicyclic) bond motifs is 1. The molecule has 96 valence electrons. The van der Waals surface area contributed by atoms with E-state index < -0.39 is 0 Å². The number of nitrogens with one attached hydrogen (secondary N) is 1. The summed E-state index contributed by atoms with van der Waals surface area (Å²) in [6.45, 7) is 2.74. The van der Waals surface area contributed by atoms with Crippen LogP contribution in [0.25, 0.3) is 11.0 Å². The van der Waals surface area contributed by atoms with Crippen LogP contribution in [0.4, 0.5) is 0 Å². The zero-order chi connectivity index (χ0) is 12.4. The molecule has 1 N–H and O–H groups in total. The van der Waals surface area contributed by atoms with Crippen molar-refractivity contribution < 1.29 is 4.74 Å². The number of benzene rings is 1. The van der Waals surface area contributed by atoms with Crippen molar-refractivity contribution >= 4 is 11.0 Å². The molecule has 1 aliphatic heterocycles. The van der Waals surface area contributed by atoms with Gasteiger partial charge in [0, 0.05) is 13.2 Å². The average Bonchev–Trinajstić information content (AvgIpc) is 2.96. The number of para-hydroxylation sites is 2. The second-order valence-corrected chi connectivity index (χ2v) is 5.03. The first-order chi connectivity index (χ1) is 8.81. The molecule has 4 nitrogen and oxygen atoms in total. The van der Waals surface area contributed by atoms with Crippen LogP contribution >= 0.6 is 0 Å². The highest BCUT2D eigenvalue weighted by molar-refractivity contribution is 5.74. The number of ether oxygens (including phenoxy) is 1. The van der Waals surface area contributed by atoms with Crippen LogP contribution in [0.1, 0.15) is 18.7 Å². The lowest BCUT2D eigenvalue weighted by atomic mass is 10.2. The zero-order valence-corrected chi connectivity index (χ0v) is 10.7. The molecular weight excluding hydrogens is 226 g/mol. The Hall–Kier alpha value is -1.39. The molecule has 0 radical (unpaired) electrons. The number of likely N-dealkylation sites (N-methyl/N-ethyl adjacent to an activating group) is 1. The van der Waals surface area contributed by atoms with Crippen molar-refractivity contribution in [3.8, 4) is 0 Å². The van der Waals surface area contributed by atoms with Gasteiger partial charge in [-0.2, -0.15) is 0 Å². The molecule has 0 amide bonds. The highest BCUT2D eigenvalue weighted by Crippen LogP contribution is 2.15. The smallest absolute Gasteiger partial charge is 0.121 e. The summed E-state index contributed by atoms with van der Waals surface area (Å²) in [5.74, 6) is 1.02. The minimum atomic E-state index is 0.402. The van der Waals surface area contributed by atoms with Gasteiger partial charge in [-0.1, -0.05) is 12.1 Å². The molecule has 1 saturated heterocycles. The third-order valence-electron chi connectivity index (χ3n) is 3.40. The van der Waals surface area contributed by atoms with Crippen molar-refractivity contribution in [2.24, 2.45) is 0 Å². The van der Waals surface area contributed by atoms with E-state index in [1.54, 1.807) is 0 Å². The van der Waals surface area contributed by atoms with Crippen LogP contribution in [0.2, 0.25) is 0 Å². The number of hydrogen-bond acceptors (Lipinski definition) is 3. The van der Waals surface area contributed by atoms with Gasteiger partial charge >= 0.3 is 0 Å². The van der Waals surface area contributed by atoms with E-state index in [2.05, 4.69) is 28.0 Å². The lowest BCUT2D eigenvalue weighted by molar-refractivity contribution is 0.0787. The first kappa shape index (κ1) is 11.7. The Morgan fingerprint density at radius 2 is 2.33 bits per heavy atom. The molecule has 1 aromatic heterocycles. The highest BCUT2D eigenvalue weighted by Gasteiger charge is 2.17. The van der Waals surface area contributed by atoms with E-state index >= 15 is 0 Å². The Morgan fingerprint density at radius 3 is 3.11 bits per heavy atom. The minimum absolute atomic E-state index is 0.402. The van der Waals surface area contributed by atoms with E-state index in [0.717, 1.165) is 36.6 Å². The molecule has 3 rings (SSSR count). The van der Waals surface area contributed by atoms with Crippen molar-refractivity contribution in [2.45, 2.75) is 25.5 Å². The number of nitrogens with zero attached hydrogens (tertiary/aromatic N) is 2. The van der Waals surface area contributed by atoms with Crippen molar-refractivity contribution in [1.29, 1.82) is 0 Å². The number of aromatic amines is 1. The fourth-order valence-electron chi connectivity index (χ4n) is 2.54. The summed E-state index contributed by atoms with van der Waals surface area (Å²) in [4.78, 5) is 10.2. The van der Waals surface area contributed by atoms with Crippen molar-refractivity contribution in [3.05, 3.63) is 30.1 Å². The van der Waals surface area contributed by atoms with Gasteiger partial charge in [-0.05, 0) is 32.0 Å². The molecule has 1 atom stereocenters. The summed E-state index contributed by atoms with van der Waals surface area (Å²) in [6.07, 6.45) is 2.78. The van der Waals surface area contributed by atoms with E-state index in [-0.39, 0.29) is 0 Å². The van der Waals surface area contributed by atoms with Gasteiger partial charge in [0.25, 0.3) is 0 Å². The Morgan fingerprint density at radius 1 is 1.44 bits per heavy atom. The predicted molar refractivity (Wildman–Crippen MR) is 71.4 cm³/mol. The van der Waals surface area contributed by atoms with Gasteiger partial charge in [0.1, 0.15) is 5.82 Å². The molecule has 2 heterocycles. The quantitative estimate of drug-likeness (QED) is 0.897. The SMILES string of the molecule is CN(Cc1nc2ccccc2[nH]1)CC1CCCO1. The van der Waals surface area contributed by atoms with E-state index in [9.17, 15) is 0 Å². The van der Waals surface area contributed by atoms with E-state index in [0.29, 0.717) is 6.10 Å². The molecule has 18 heavy (non-hydrogen) atoms. The molecular formula is C14H19N3O. The maximum absolute atomic E-state index is 5.65. The van der Waals surface area contributed by atoms with Gasteiger partial charge in [0.05, 0.1) is 23.7 Å². The largest absolute Gasteiger partial charge is 0.377 e. The van der Waals surface area contributed by atoms with Crippen LogP contribution in [-0.2, 0) is 11.3 Å². The molecule has 0 bridgehead atoms. The Kier molecular flexibility index (Phi) is 3.30. The second kappa shape index (κ2) is 5.08. The third kappa shape index (κ3) is 2.54. The fourth-order valence-corrected chi connectivity index (χ4v) is 2.54. The Bertz CT molecular complexity index is 483. The summed E-state index contributed by atoms with van der Waals surface area (Å²) >= 11 is 0. The fraction of sp³-hybridized carbons (Fsp3) is 0.500. The molecule has 1 aromatic carbocycles. The van der Waals surface area contributed by atoms with Crippen molar-refractivity contribution in [1.82, 2.24) is 14.9 Å². The van der Waals surface area contributed by atoms with Gasteiger partial charge < -0.3 is 9.72 Å². The van der Waals surface area contributed by atoms with E-state index in [1.807, 2.05) is 18.2 Å².